The summed E-state index contributed by atoms with van der Waals surface area (Å²) in [4.78, 5) is 9.91. The Kier molecular flexibility index (Phi) is 5.75. The van der Waals surface area contributed by atoms with Gasteiger partial charge >= 0.3 is 0 Å². The lowest BCUT2D eigenvalue weighted by molar-refractivity contribution is 0.0619. The molecule has 2 aromatic rings. The molecule has 28 heavy (non-hydrogen) atoms. The van der Waals surface area contributed by atoms with Crippen molar-refractivity contribution in [1.29, 1.82) is 0 Å². The second kappa shape index (κ2) is 8.27. The molecule has 0 unspecified atom stereocenters. The normalized spacial score (nSPS) is 20.2. The monoisotopic (exact) mass is 403 g/mol. The van der Waals surface area contributed by atoms with Crippen molar-refractivity contribution in [1.82, 2.24) is 9.88 Å². The van der Waals surface area contributed by atoms with Crippen LogP contribution in [0, 0.1) is 0 Å². The third kappa shape index (κ3) is 3.58. The molecule has 0 aliphatic carbocycles. The molecular formula is C21H29N3O3S. The van der Waals surface area contributed by atoms with Crippen molar-refractivity contribution < 1.29 is 14.2 Å². The van der Waals surface area contributed by atoms with E-state index in [-0.39, 0.29) is 5.41 Å². The molecule has 0 bridgehead atoms. The fourth-order valence-corrected chi connectivity index (χ4v) is 5.15. The number of nitrogens with zero attached hydrogens (tertiary/aromatic N) is 3. The fourth-order valence-electron chi connectivity index (χ4n) is 4.17. The van der Waals surface area contributed by atoms with E-state index in [9.17, 15) is 0 Å². The van der Waals surface area contributed by atoms with E-state index in [1.54, 1.807) is 25.6 Å². The van der Waals surface area contributed by atoms with Crippen LogP contribution in [0.1, 0.15) is 24.1 Å². The Bertz CT molecular complexity index is 796. The third-order valence-electron chi connectivity index (χ3n) is 6.04. The summed E-state index contributed by atoms with van der Waals surface area (Å²) in [6.07, 6.45) is 1.85. The first kappa shape index (κ1) is 19.5. The van der Waals surface area contributed by atoms with Crippen LogP contribution in [0.25, 0.3) is 0 Å². The average Bonchev–Trinajstić information content (AvgIpc) is 3.25. The van der Waals surface area contributed by atoms with Gasteiger partial charge in [-0.2, -0.15) is 0 Å². The van der Waals surface area contributed by atoms with Crippen LogP contribution in [0.3, 0.4) is 0 Å². The topological polar surface area (TPSA) is 47.1 Å². The van der Waals surface area contributed by atoms with E-state index in [1.165, 1.54) is 5.56 Å². The highest BCUT2D eigenvalue weighted by molar-refractivity contribution is 7.13. The lowest BCUT2D eigenvalue weighted by Gasteiger charge is -2.37. The van der Waals surface area contributed by atoms with Crippen LogP contribution in [0.2, 0.25) is 0 Å². The molecule has 0 amide bonds. The number of thiazole rings is 1. The second-order valence-corrected chi connectivity index (χ2v) is 8.41. The van der Waals surface area contributed by atoms with Crippen molar-refractivity contribution in [2.75, 3.05) is 65.6 Å². The number of ether oxygens (including phenoxy) is 3. The quantitative estimate of drug-likeness (QED) is 0.765. The van der Waals surface area contributed by atoms with Gasteiger partial charge < -0.3 is 24.0 Å². The van der Waals surface area contributed by atoms with Gasteiger partial charge in [-0.3, -0.25) is 0 Å². The highest BCUT2D eigenvalue weighted by Gasteiger charge is 2.39. The summed E-state index contributed by atoms with van der Waals surface area (Å²) in [6, 6.07) is 6.26. The van der Waals surface area contributed by atoms with Gasteiger partial charge in [0.2, 0.25) is 0 Å². The van der Waals surface area contributed by atoms with Crippen LogP contribution < -0.4 is 14.4 Å². The predicted octanol–water partition coefficient (Wildman–Crippen LogP) is 3.01. The zero-order chi connectivity index (χ0) is 19.6. The number of hydrogen-bond acceptors (Lipinski definition) is 7. The fraction of sp³-hybridized carbons (Fsp3) is 0.571. The van der Waals surface area contributed by atoms with Gasteiger partial charge in [0.05, 0.1) is 19.9 Å². The van der Waals surface area contributed by atoms with Crippen molar-refractivity contribution in [2.45, 2.75) is 18.3 Å². The van der Waals surface area contributed by atoms with Crippen molar-refractivity contribution >= 4 is 16.5 Å². The third-order valence-corrected chi connectivity index (χ3v) is 6.94. The maximum absolute atomic E-state index is 5.71. The summed E-state index contributed by atoms with van der Waals surface area (Å²) < 4.78 is 16.7. The molecular weight excluding hydrogens is 374 g/mol. The van der Waals surface area contributed by atoms with Crippen molar-refractivity contribution in [3.05, 3.63) is 34.8 Å². The molecule has 0 spiro atoms. The maximum atomic E-state index is 5.71. The van der Waals surface area contributed by atoms with Gasteiger partial charge in [0, 0.05) is 50.2 Å². The Labute approximate surface area is 171 Å². The lowest BCUT2D eigenvalue weighted by Crippen LogP contribution is -2.44. The van der Waals surface area contributed by atoms with Crippen LogP contribution >= 0.6 is 11.3 Å². The van der Waals surface area contributed by atoms with Gasteiger partial charge in [-0.25, -0.2) is 4.98 Å². The summed E-state index contributed by atoms with van der Waals surface area (Å²) in [5.74, 6) is 1.52. The van der Waals surface area contributed by atoms with Crippen LogP contribution in [0.15, 0.2) is 23.6 Å². The zero-order valence-electron chi connectivity index (χ0n) is 16.9. The number of anilines is 1. The average molecular weight is 404 g/mol. The Balaban J connectivity index is 1.69. The Morgan fingerprint density at radius 3 is 2.43 bits per heavy atom. The van der Waals surface area contributed by atoms with E-state index >= 15 is 0 Å². The van der Waals surface area contributed by atoms with Crippen LogP contribution in [-0.2, 0) is 10.2 Å². The summed E-state index contributed by atoms with van der Waals surface area (Å²) in [6.45, 7) is 5.74. The van der Waals surface area contributed by atoms with E-state index in [0.717, 1.165) is 74.6 Å². The number of likely N-dealkylation sites (N-methyl/N-ethyl adjacent to an activating group) is 1. The Morgan fingerprint density at radius 2 is 1.75 bits per heavy atom. The van der Waals surface area contributed by atoms with Crippen LogP contribution in [-0.4, -0.2) is 70.5 Å². The molecule has 0 radical (unpaired) electrons. The summed E-state index contributed by atoms with van der Waals surface area (Å²) in [5, 5.41) is 3.38. The minimum Gasteiger partial charge on any atom is -0.493 e. The first-order valence-corrected chi connectivity index (χ1v) is 10.7. The molecule has 2 fully saturated rings. The van der Waals surface area contributed by atoms with Crippen LogP contribution in [0.5, 0.6) is 11.5 Å². The molecule has 152 valence electrons. The number of rotatable bonds is 5. The Morgan fingerprint density at radius 1 is 1.04 bits per heavy atom. The van der Waals surface area contributed by atoms with E-state index in [2.05, 4.69) is 34.4 Å². The SMILES string of the molecule is COc1ccc(C2(c3csc(N4CCN(C)CC4)n3)CCOCC2)cc1OC. The molecule has 6 nitrogen and oxygen atoms in total. The van der Waals surface area contributed by atoms with Gasteiger partial charge in [0.15, 0.2) is 16.6 Å². The first-order chi connectivity index (χ1) is 13.7. The molecule has 7 heteroatoms. The molecule has 0 N–H and O–H groups in total. The van der Waals surface area contributed by atoms with E-state index in [4.69, 9.17) is 19.2 Å². The largest absolute Gasteiger partial charge is 0.493 e. The molecule has 1 aromatic carbocycles. The number of benzene rings is 1. The second-order valence-electron chi connectivity index (χ2n) is 7.57. The van der Waals surface area contributed by atoms with Gasteiger partial charge in [0.1, 0.15) is 0 Å². The van der Waals surface area contributed by atoms with E-state index < -0.39 is 0 Å². The minimum atomic E-state index is -0.140. The molecule has 1 aromatic heterocycles. The van der Waals surface area contributed by atoms with Gasteiger partial charge in [-0.05, 0) is 37.6 Å². The van der Waals surface area contributed by atoms with Crippen molar-refractivity contribution in [3.63, 3.8) is 0 Å². The molecule has 0 saturated carbocycles. The van der Waals surface area contributed by atoms with E-state index in [0.29, 0.717) is 0 Å². The molecule has 2 aliphatic rings. The van der Waals surface area contributed by atoms with Crippen molar-refractivity contribution in [3.8, 4) is 11.5 Å². The van der Waals surface area contributed by atoms with Crippen molar-refractivity contribution in [2.24, 2.45) is 0 Å². The first-order valence-electron chi connectivity index (χ1n) is 9.86. The van der Waals surface area contributed by atoms with Crippen LogP contribution in [0.4, 0.5) is 5.13 Å². The Hall–Kier alpha value is -1.83. The zero-order valence-corrected chi connectivity index (χ0v) is 17.8. The number of methoxy groups -OCH3 is 2. The van der Waals surface area contributed by atoms with Gasteiger partial charge in [-0.1, -0.05) is 6.07 Å². The maximum Gasteiger partial charge on any atom is 0.185 e. The molecule has 2 aliphatic heterocycles. The highest BCUT2D eigenvalue weighted by Crippen LogP contribution is 2.44. The standard InChI is InChI=1S/C21H29N3O3S/c1-23-8-10-24(11-9-23)20-22-19(15-28-20)21(6-12-27-13-7-21)16-4-5-17(25-2)18(14-16)26-3/h4-5,14-15H,6-13H2,1-3H3. The minimum absolute atomic E-state index is 0.140. The molecule has 0 atom stereocenters. The number of aromatic nitrogens is 1. The van der Waals surface area contributed by atoms with E-state index in [1.807, 2.05) is 6.07 Å². The smallest absolute Gasteiger partial charge is 0.185 e. The predicted molar refractivity (Wildman–Crippen MR) is 112 cm³/mol. The lowest BCUT2D eigenvalue weighted by atomic mass is 9.72. The highest BCUT2D eigenvalue weighted by atomic mass is 32.1. The van der Waals surface area contributed by atoms with Gasteiger partial charge in [-0.15, -0.1) is 11.3 Å². The van der Waals surface area contributed by atoms with Gasteiger partial charge in [0.25, 0.3) is 0 Å². The summed E-state index contributed by atoms with van der Waals surface area (Å²) in [5.41, 5.74) is 2.24. The molecule has 2 saturated heterocycles. The molecule has 3 heterocycles. The number of hydrogen-bond donors (Lipinski definition) is 0. The summed E-state index contributed by atoms with van der Waals surface area (Å²) >= 11 is 1.76. The summed E-state index contributed by atoms with van der Waals surface area (Å²) in [7, 11) is 5.54. The number of piperazine rings is 1. The molecule has 4 rings (SSSR count).